The molecule has 5 rings (SSSR count). The maximum absolute atomic E-state index is 14.8. The smallest absolute Gasteiger partial charge is 0.253 e. The molecular weight excluding hydrogens is 529 g/mol. The third-order valence-electron chi connectivity index (χ3n) is 7.34. The van der Waals surface area contributed by atoms with Gasteiger partial charge in [0.15, 0.2) is 11.2 Å². The number of fused-ring (bicyclic) bond motifs is 2. The van der Waals surface area contributed by atoms with E-state index >= 15 is 0 Å². The van der Waals surface area contributed by atoms with Crippen molar-refractivity contribution in [3.05, 3.63) is 82.5 Å². The van der Waals surface area contributed by atoms with Gasteiger partial charge in [0.05, 0.1) is 22.5 Å². The minimum Gasteiger partial charge on any atom is -0.453 e. The van der Waals surface area contributed by atoms with E-state index in [-0.39, 0.29) is 11.7 Å². The van der Waals surface area contributed by atoms with Crippen molar-refractivity contribution in [1.29, 1.82) is 0 Å². The topological polar surface area (TPSA) is 76.2 Å². The normalized spacial score (nSPS) is 11.3. The zero-order chi connectivity index (χ0) is 30.2. The van der Waals surface area contributed by atoms with Gasteiger partial charge in [-0.15, -0.1) is 0 Å². The van der Waals surface area contributed by atoms with E-state index in [0.29, 0.717) is 39.4 Å². The number of carbonyl (C=O) groups excluding carboxylic acids is 1. The standard InChI is InChI=1S/C27H32FN3O2.C7H10N2/c1-6-11-30(12-7-2)13-10-29-27(32)21-16-31-23-9-8-17(3)14-24(23)33-26-19(5)22(28)15-20(18(21)4)25(26)31;1-2-3-7-6-8-4-5-9-7/h8-9,14-16H,4,6-7,10-13H2,1-3,5H3,(H,29,32);4-6H,2-3H2,1H3. The van der Waals surface area contributed by atoms with Crippen molar-refractivity contribution in [2.24, 2.45) is 0 Å². The van der Waals surface area contributed by atoms with Crippen LogP contribution in [0.1, 0.15) is 67.2 Å². The summed E-state index contributed by atoms with van der Waals surface area (Å²) in [5.74, 6) is -0.585. The van der Waals surface area contributed by atoms with Gasteiger partial charge >= 0.3 is 0 Å². The number of carbonyl (C=O) groups is 1. The second-order valence-electron chi connectivity index (χ2n) is 10.7. The zero-order valence-electron chi connectivity index (χ0n) is 25.5. The molecule has 42 heavy (non-hydrogen) atoms. The Labute approximate surface area is 247 Å². The van der Waals surface area contributed by atoms with Crippen LogP contribution >= 0.6 is 0 Å². The van der Waals surface area contributed by atoms with Crippen molar-refractivity contribution in [1.82, 2.24) is 24.8 Å². The van der Waals surface area contributed by atoms with E-state index in [0.717, 1.165) is 67.8 Å². The van der Waals surface area contributed by atoms with Gasteiger partial charge in [0, 0.05) is 48.8 Å². The van der Waals surface area contributed by atoms with Gasteiger partial charge in [-0.05, 0) is 75.2 Å². The Morgan fingerprint density at radius 1 is 1.07 bits per heavy atom. The van der Waals surface area contributed by atoms with Crippen molar-refractivity contribution >= 4 is 34.6 Å². The molecule has 222 valence electrons. The Morgan fingerprint density at radius 3 is 2.50 bits per heavy atom. The van der Waals surface area contributed by atoms with Gasteiger partial charge < -0.3 is 19.2 Å². The van der Waals surface area contributed by atoms with Gasteiger partial charge in [-0.2, -0.15) is 0 Å². The summed E-state index contributed by atoms with van der Waals surface area (Å²) in [6.45, 7) is 17.6. The van der Waals surface area contributed by atoms with Crippen LogP contribution in [-0.4, -0.2) is 51.5 Å². The van der Waals surface area contributed by atoms with Gasteiger partial charge in [-0.1, -0.05) is 39.8 Å². The van der Waals surface area contributed by atoms with E-state index in [1.54, 1.807) is 25.5 Å². The number of aryl methyl sites for hydroxylation is 3. The number of rotatable bonds is 10. The summed E-state index contributed by atoms with van der Waals surface area (Å²) in [7, 11) is 0. The highest BCUT2D eigenvalue weighted by atomic mass is 19.1. The summed E-state index contributed by atoms with van der Waals surface area (Å²) in [6.07, 6.45) is 11.4. The summed E-state index contributed by atoms with van der Waals surface area (Å²) >= 11 is 0. The highest BCUT2D eigenvalue weighted by molar-refractivity contribution is 6.00. The van der Waals surface area contributed by atoms with Crippen LogP contribution in [0.25, 0.3) is 34.3 Å². The van der Waals surface area contributed by atoms with Crippen molar-refractivity contribution < 1.29 is 13.6 Å². The Balaban J connectivity index is 0.000000385. The van der Waals surface area contributed by atoms with Crippen LogP contribution in [0.4, 0.5) is 4.39 Å². The predicted molar refractivity (Wildman–Crippen MR) is 169 cm³/mol. The molecule has 2 aliphatic heterocycles. The first-order valence-corrected chi connectivity index (χ1v) is 14.9. The van der Waals surface area contributed by atoms with Crippen LogP contribution in [-0.2, 0) is 6.42 Å². The lowest BCUT2D eigenvalue weighted by Crippen LogP contribution is -2.37. The van der Waals surface area contributed by atoms with Gasteiger partial charge in [0.25, 0.3) is 5.91 Å². The molecule has 1 amide bonds. The second kappa shape index (κ2) is 14.2. The third kappa shape index (κ3) is 6.87. The minimum absolute atomic E-state index is 0.207. The first-order valence-electron chi connectivity index (χ1n) is 14.9. The van der Waals surface area contributed by atoms with Gasteiger partial charge in [-0.3, -0.25) is 14.8 Å². The molecule has 0 unspecified atom stereocenters. The summed E-state index contributed by atoms with van der Waals surface area (Å²) < 4.78 is 22.9. The third-order valence-corrected chi connectivity index (χ3v) is 7.34. The van der Waals surface area contributed by atoms with E-state index in [9.17, 15) is 9.18 Å². The van der Waals surface area contributed by atoms with Crippen LogP contribution in [0.15, 0.2) is 53.5 Å². The Bertz CT molecular complexity index is 1670. The molecule has 0 aliphatic carbocycles. The number of amides is 1. The van der Waals surface area contributed by atoms with Gasteiger partial charge in [0.1, 0.15) is 5.82 Å². The lowest BCUT2D eigenvalue weighted by molar-refractivity contribution is 0.0947. The fourth-order valence-corrected chi connectivity index (χ4v) is 5.23. The largest absolute Gasteiger partial charge is 0.453 e. The Morgan fingerprint density at radius 2 is 1.83 bits per heavy atom. The number of aromatic nitrogens is 3. The van der Waals surface area contributed by atoms with E-state index < -0.39 is 0 Å². The second-order valence-corrected chi connectivity index (χ2v) is 10.7. The molecule has 7 nitrogen and oxygen atoms in total. The van der Waals surface area contributed by atoms with Crippen LogP contribution in [0, 0.1) is 19.7 Å². The number of nitrogens with one attached hydrogen (secondary N) is 1. The van der Waals surface area contributed by atoms with Crippen molar-refractivity contribution in [2.75, 3.05) is 26.2 Å². The van der Waals surface area contributed by atoms with Gasteiger partial charge in [-0.25, -0.2) is 4.39 Å². The fourth-order valence-electron chi connectivity index (χ4n) is 5.23. The molecule has 0 radical (unpaired) electrons. The van der Waals surface area contributed by atoms with E-state index in [1.807, 2.05) is 35.9 Å². The average molecular weight is 572 g/mol. The SMILES string of the molecule is C=c1c(C(=O)NCCN(CCC)CCC)cn2c3ccc(C)cc3oc3c(C)c(F)cc1c3-2.CCCc1cnccn1. The molecule has 0 fully saturated rings. The van der Waals surface area contributed by atoms with Crippen LogP contribution in [0.5, 0.6) is 0 Å². The van der Waals surface area contributed by atoms with Gasteiger partial charge in [0.2, 0.25) is 0 Å². The Kier molecular flexibility index (Phi) is 10.5. The lowest BCUT2D eigenvalue weighted by atomic mass is 10.0. The molecule has 3 aromatic rings. The summed E-state index contributed by atoms with van der Waals surface area (Å²) in [4.78, 5) is 23.6. The maximum atomic E-state index is 14.8. The Hall–Kier alpha value is -4.04. The zero-order valence-corrected chi connectivity index (χ0v) is 25.5. The predicted octanol–water partition coefficient (Wildman–Crippen LogP) is 6.54. The first kappa shape index (κ1) is 30.9. The summed E-state index contributed by atoms with van der Waals surface area (Å²) in [5, 5.41) is 4.11. The number of pyridine rings is 1. The fraction of sp³-hybridized carbons (Fsp3) is 0.382. The molecule has 0 saturated heterocycles. The van der Waals surface area contributed by atoms with Crippen LogP contribution < -0.4 is 10.5 Å². The minimum atomic E-state index is -0.377. The molecular formula is C34H42FN5O2. The molecule has 1 N–H and O–H groups in total. The van der Waals surface area contributed by atoms with E-state index in [2.05, 4.69) is 47.5 Å². The monoisotopic (exact) mass is 571 g/mol. The maximum Gasteiger partial charge on any atom is 0.253 e. The number of hydrogen-bond acceptors (Lipinski definition) is 5. The molecule has 0 atom stereocenters. The number of hydrogen-bond donors (Lipinski definition) is 1. The van der Waals surface area contributed by atoms with Crippen molar-refractivity contribution in [3.63, 3.8) is 0 Å². The molecule has 0 bridgehead atoms. The number of benzene rings is 2. The van der Waals surface area contributed by atoms with Crippen molar-refractivity contribution in [3.8, 4) is 5.69 Å². The molecule has 0 spiro atoms. The molecule has 8 heteroatoms. The molecule has 2 aromatic carbocycles. The molecule has 0 saturated carbocycles. The first-order chi connectivity index (χ1) is 20.3. The highest BCUT2D eigenvalue weighted by Crippen LogP contribution is 2.34. The van der Waals surface area contributed by atoms with E-state index in [1.165, 1.54) is 6.07 Å². The average Bonchev–Trinajstić information content (AvgIpc) is 2.98. The number of halogens is 1. The highest BCUT2D eigenvalue weighted by Gasteiger charge is 2.22. The molecule has 2 aliphatic rings. The van der Waals surface area contributed by atoms with Crippen molar-refractivity contribution in [2.45, 2.75) is 60.3 Å². The number of nitrogens with zero attached hydrogens (tertiary/aromatic N) is 4. The molecule has 3 heterocycles. The van der Waals surface area contributed by atoms with E-state index in [4.69, 9.17) is 4.42 Å². The van der Waals surface area contributed by atoms with Crippen LogP contribution in [0.3, 0.4) is 0 Å². The quantitative estimate of drug-likeness (QED) is 0.152. The summed E-state index contributed by atoms with van der Waals surface area (Å²) in [5.41, 5.74) is 5.64. The lowest BCUT2D eigenvalue weighted by Gasteiger charge is -2.22. The van der Waals surface area contributed by atoms with Crippen LogP contribution in [0.2, 0.25) is 0 Å². The molecule has 1 aromatic heterocycles. The summed E-state index contributed by atoms with van der Waals surface area (Å²) in [6, 6.07) is 7.34.